The molecular formula is C25H16BrClN2OS2. The second kappa shape index (κ2) is 8.87. The van der Waals surface area contributed by atoms with E-state index in [4.69, 9.17) is 23.8 Å². The normalized spacial score (nSPS) is 15.3. The SMILES string of the molecule is O=C1/C(=C/c2cn(Cc3ccc(Cl)cc3)c3ccc(Br)cc23)SC(=S)N1c1ccccc1. The van der Waals surface area contributed by atoms with Gasteiger partial charge in [0.1, 0.15) is 0 Å². The Kier molecular flexibility index (Phi) is 5.95. The number of nitrogens with zero attached hydrogens (tertiary/aromatic N) is 2. The van der Waals surface area contributed by atoms with Gasteiger partial charge in [-0.2, -0.15) is 0 Å². The van der Waals surface area contributed by atoms with Crippen molar-refractivity contribution in [2.75, 3.05) is 4.90 Å². The minimum atomic E-state index is -0.0974. The van der Waals surface area contributed by atoms with Gasteiger partial charge in [-0.05, 0) is 54.1 Å². The Morgan fingerprint density at radius 3 is 2.53 bits per heavy atom. The number of benzene rings is 3. The zero-order chi connectivity index (χ0) is 22.2. The van der Waals surface area contributed by atoms with Crippen molar-refractivity contribution in [1.82, 2.24) is 4.57 Å². The average molecular weight is 540 g/mol. The van der Waals surface area contributed by atoms with Gasteiger partial charge in [0, 0.05) is 38.7 Å². The zero-order valence-corrected chi connectivity index (χ0v) is 20.6. The molecule has 3 aromatic carbocycles. The quantitative estimate of drug-likeness (QED) is 0.198. The monoisotopic (exact) mass is 538 g/mol. The predicted molar refractivity (Wildman–Crippen MR) is 142 cm³/mol. The van der Waals surface area contributed by atoms with Crippen molar-refractivity contribution >= 4 is 84.4 Å². The van der Waals surface area contributed by atoms with Gasteiger partial charge in [0.15, 0.2) is 4.32 Å². The van der Waals surface area contributed by atoms with Gasteiger partial charge >= 0.3 is 0 Å². The second-order valence-corrected chi connectivity index (χ2v) is 10.4. The molecule has 0 bridgehead atoms. The fraction of sp³-hybridized carbons (Fsp3) is 0.0400. The van der Waals surface area contributed by atoms with Crippen molar-refractivity contribution in [2.24, 2.45) is 0 Å². The molecule has 0 saturated carbocycles. The fourth-order valence-electron chi connectivity index (χ4n) is 3.74. The summed E-state index contributed by atoms with van der Waals surface area (Å²) in [5.74, 6) is -0.0974. The summed E-state index contributed by atoms with van der Waals surface area (Å²) in [5.41, 5.74) is 4.00. The molecule has 0 unspecified atom stereocenters. The molecule has 5 rings (SSSR count). The third-order valence-electron chi connectivity index (χ3n) is 5.23. The molecule has 0 aliphatic carbocycles. The number of amides is 1. The lowest BCUT2D eigenvalue weighted by Crippen LogP contribution is -2.27. The lowest BCUT2D eigenvalue weighted by Gasteiger charge is -2.13. The number of hydrogen-bond acceptors (Lipinski definition) is 3. The van der Waals surface area contributed by atoms with E-state index in [1.165, 1.54) is 11.8 Å². The lowest BCUT2D eigenvalue weighted by atomic mass is 10.1. The molecule has 0 N–H and O–H groups in total. The molecule has 1 fully saturated rings. The van der Waals surface area contributed by atoms with Gasteiger partial charge in [-0.3, -0.25) is 9.69 Å². The third kappa shape index (κ3) is 4.16. The summed E-state index contributed by atoms with van der Waals surface area (Å²) in [6.07, 6.45) is 4.02. The molecule has 4 aromatic rings. The molecular weight excluding hydrogens is 524 g/mol. The van der Waals surface area contributed by atoms with E-state index in [-0.39, 0.29) is 5.91 Å². The number of fused-ring (bicyclic) bond motifs is 1. The summed E-state index contributed by atoms with van der Waals surface area (Å²) in [6, 6.07) is 23.5. The van der Waals surface area contributed by atoms with Crippen LogP contribution in [0.5, 0.6) is 0 Å². The highest BCUT2D eigenvalue weighted by Crippen LogP contribution is 2.37. The minimum Gasteiger partial charge on any atom is -0.342 e. The van der Waals surface area contributed by atoms with Crippen LogP contribution in [0.4, 0.5) is 5.69 Å². The van der Waals surface area contributed by atoms with Crippen molar-refractivity contribution in [3.63, 3.8) is 0 Å². The highest BCUT2D eigenvalue weighted by Gasteiger charge is 2.33. The first-order valence-electron chi connectivity index (χ1n) is 9.85. The highest BCUT2D eigenvalue weighted by molar-refractivity contribution is 9.10. The van der Waals surface area contributed by atoms with E-state index in [2.05, 4.69) is 38.8 Å². The van der Waals surface area contributed by atoms with Crippen molar-refractivity contribution < 1.29 is 4.79 Å². The van der Waals surface area contributed by atoms with E-state index in [1.807, 2.05) is 66.7 Å². The van der Waals surface area contributed by atoms with E-state index in [0.29, 0.717) is 15.8 Å². The van der Waals surface area contributed by atoms with E-state index in [9.17, 15) is 4.79 Å². The average Bonchev–Trinajstić information content (AvgIpc) is 3.26. The molecule has 1 saturated heterocycles. The molecule has 3 nitrogen and oxygen atoms in total. The van der Waals surface area contributed by atoms with E-state index >= 15 is 0 Å². The van der Waals surface area contributed by atoms with Crippen LogP contribution in [0.3, 0.4) is 0 Å². The maximum atomic E-state index is 13.2. The Labute approximate surface area is 208 Å². The van der Waals surface area contributed by atoms with Crippen LogP contribution in [0.15, 0.2) is 88.4 Å². The minimum absolute atomic E-state index is 0.0974. The summed E-state index contributed by atoms with van der Waals surface area (Å²) in [7, 11) is 0. The molecule has 0 atom stereocenters. The maximum absolute atomic E-state index is 13.2. The molecule has 0 spiro atoms. The van der Waals surface area contributed by atoms with Crippen LogP contribution in [0.25, 0.3) is 17.0 Å². The van der Waals surface area contributed by atoms with E-state index in [0.717, 1.165) is 37.2 Å². The molecule has 1 amide bonds. The number of carbonyl (C=O) groups is 1. The summed E-state index contributed by atoms with van der Waals surface area (Å²) in [4.78, 5) is 15.4. The summed E-state index contributed by atoms with van der Waals surface area (Å²) in [5, 5.41) is 1.79. The second-order valence-electron chi connectivity index (χ2n) is 7.35. The molecule has 158 valence electrons. The van der Waals surface area contributed by atoms with Gasteiger partial charge in [0.05, 0.1) is 10.6 Å². The number of carbonyl (C=O) groups excluding carboxylic acids is 1. The number of para-hydroxylation sites is 1. The van der Waals surface area contributed by atoms with Gasteiger partial charge in [0.2, 0.25) is 0 Å². The first-order valence-corrected chi connectivity index (χ1v) is 12.2. The van der Waals surface area contributed by atoms with Gasteiger partial charge in [0.25, 0.3) is 5.91 Å². The summed E-state index contributed by atoms with van der Waals surface area (Å²) < 4.78 is 3.72. The Morgan fingerprint density at radius 2 is 1.78 bits per heavy atom. The van der Waals surface area contributed by atoms with Crippen molar-refractivity contribution in [1.29, 1.82) is 0 Å². The molecule has 1 aromatic heterocycles. The highest BCUT2D eigenvalue weighted by atomic mass is 79.9. The van der Waals surface area contributed by atoms with Gasteiger partial charge in [-0.15, -0.1) is 0 Å². The smallest absolute Gasteiger partial charge is 0.270 e. The lowest BCUT2D eigenvalue weighted by molar-refractivity contribution is -0.113. The summed E-state index contributed by atoms with van der Waals surface area (Å²) >= 11 is 16.5. The molecule has 1 aliphatic heterocycles. The van der Waals surface area contributed by atoms with Crippen LogP contribution >= 0.6 is 51.5 Å². The topological polar surface area (TPSA) is 25.2 Å². The van der Waals surface area contributed by atoms with E-state index in [1.54, 1.807) is 4.90 Å². The fourth-order valence-corrected chi connectivity index (χ4v) is 5.51. The predicted octanol–water partition coefficient (Wildman–Crippen LogP) is 7.51. The molecule has 1 aliphatic rings. The van der Waals surface area contributed by atoms with Crippen LogP contribution in [-0.2, 0) is 11.3 Å². The Hall–Kier alpha value is -2.38. The summed E-state index contributed by atoms with van der Waals surface area (Å²) in [6.45, 7) is 0.702. The Bertz CT molecular complexity index is 1380. The van der Waals surface area contributed by atoms with E-state index < -0.39 is 0 Å². The Morgan fingerprint density at radius 1 is 1.03 bits per heavy atom. The number of anilines is 1. The molecule has 32 heavy (non-hydrogen) atoms. The van der Waals surface area contributed by atoms with Crippen LogP contribution in [0, 0.1) is 0 Å². The number of aromatic nitrogens is 1. The Balaban J connectivity index is 1.55. The number of halogens is 2. The van der Waals surface area contributed by atoms with Crippen molar-refractivity contribution in [3.05, 3.63) is 105 Å². The first kappa shape index (κ1) is 21.5. The number of hydrogen-bond donors (Lipinski definition) is 0. The van der Waals surface area contributed by atoms with Crippen LogP contribution in [-0.4, -0.2) is 14.8 Å². The number of thiocarbonyl (C=S) groups is 1. The van der Waals surface area contributed by atoms with Crippen LogP contribution in [0.1, 0.15) is 11.1 Å². The first-order chi connectivity index (χ1) is 15.5. The molecule has 7 heteroatoms. The standard InChI is InChI=1S/C25H16BrClN2OS2/c26-18-8-11-22-21(13-18)17(15-28(22)14-16-6-9-19(27)10-7-16)12-23-24(30)29(25(31)32-23)20-4-2-1-3-5-20/h1-13,15H,14H2/b23-12-. The van der Waals surface area contributed by atoms with Gasteiger partial charge in [-0.25, -0.2) is 0 Å². The molecule has 0 radical (unpaired) electrons. The third-order valence-corrected chi connectivity index (χ3v) is 7.28. The number of thioether (sulfide) groups is 1. The van der Waals surface area contributed by atoms with Crippen molar-refractivity contribution in [3.8, 4) is 0 Å². The van der Waals surface area contributed by atoms with Gasteiger partial charge in [-0.1, -0.05) is 81.8 Å². The largest absolute Gasteiger partial charge is 0.342 e. The zero-order valence-electron chi connectivity index (χ0n) is 16.7. The van der Waals surface area contributed by atoms with Crippen LogP contribution in [0.2, 0.25) is 5.02 Å². The van der Waals surface area contributed by atoms with Crippen LogP contribution < -0.4 is 4.90 Å². The van der Waals surface area contributed by atoms with Gasteiger partial charge < -0.3 is 4.57 Å². The number of rotatable bonds is 4. The molecule has 2 heterocycles. The maximum Gasteiger partial charge on any atom is 0.270 e. The van der Waals surface area contributed by atoms with Crippen molar-refractivity contribution in [2.45, 2.75) is 6.54 Å².